The van der Waals surface area contributed by atoms with Crippen molar-refractivity contribution in [2.45, 2.75) is 38.5 Å². The number of nitrogens with one attached hydrogen (secondary N) is 3. The summed E-state index contributed by atoms with van der Waals surface area (Å²) in [6.07, 6.45) is -3.57. The lowest BCUT2D eigenvalue weighted by Crippen LogP contribution is -2.34. The summed E-state index contributed by atoms with van der Waals surface area (Å²) in [5.41, 5.74) is -0.956. The van der Waals surface area contributed by atoms with E-state index in [2.05, 4.69) is 16.0 Å². The summed E-state index contributed by atoms with van der Waals surface area (Å²) in [6.45, 7) is 2.78. The number of hydrogen-bond acceptors (Lipinski definition) is 4. The molecule has 1 unspecified atom stereocenters. The van der Waals surface area contributed by atoms with E-state index in [1.165, 1.54) is 24.3 Å². The summed E-state index contributed by atoms with van der Waals surface area (Å²) in [4.78, 5) is 24.3. The number of urea groups is 1. The number of halogens is 5. The molecule has 0 aliphatic carbocycles. The van der Waals surface area contributed by atoms with E-state index >= 15 is 0 Å². The molecule has 0 spiro atoms. The van der Waals surface area contributed by atoms with Crippen LogP contribution in [0.25, 0.3) is 0 Å². The first kappa shape index (κ1) is 27.8. The maximum absolute atomic E-state index is 14.7. The van der Waals surface area contributed by atoms with E-state index in [-0.39, 0.29) is 42.5 Å². The van der Waals surface area contributed by atoms with Gasteiger partial charge in [-0.05, 0) is 55.8 Å². The minimum atomic E-state index is -4.72. The molecule has 3 N–H and O–H groups in total. The molecular formula is C25H26F5N3O4. The Hall–Kier alpha value is -3.83. The number of anilines is 2. The summed E-state index contributed by atoms with van der Waals surface area (Å²) in [5.74, 6) is -2.05. The van der Waals surface area contributed by atoms with Crippen molar-refractivity contribution in [3.05, 3.63) is 65.2 Å². The van der Waals surface area contributed by atoms with Crippen molar-refractivity contribution in [1.29, 1.82) is 0 Å². The molecule has 37 heavy (non-hydrogen) atoms. The van der Waals surface area contributed by atoms with Crippen molar-refractivity contribution < 1.29 is 41.0 Å². The molecule has 0 bridgehead atoms. The molecule has 0 aromatic heterocycles. The van der Waals surface area contributed by atoms with Gasteiger partial charge in [-0.15, -0.1) is 0 Å². The van der Waals surface area contributed by atoms with Crippen molar-refractivity contribution in [1.82, 2.24) is 5.32 Å². The van der Waals surface area contributed by atoms with Gasteiger partial charge in [0, 0.05) is 24.6 Å². The van der Waals surface area contributed by atoms with Crippen LogP contribution in [0.2, 0.25) is 0 Å². The maximum atomic E-state index is 14.7. The van der Waals surface area contributed by atoms with Crippen LogP contribution in [-0.4, -0.2) is 37.9 Å². The van der Waals surface area contributed by atoms with E-state index in [1.807, 2.05) is 0 Å². The number of alkyl halides is 4. The predicted molar refractivity (Wildman–Crippen MR) is 127 cm³/mol. The lowest BCUT2D eigenvalue weighted by atomic mass is 9.95. The number of carbonyl (C=O) groups is 2. The molecule has 1 aliphatic rings. The molecule has 12 heteroatoms. The molecule has 0 fully saturated rings. The Labute approximate surface area is 210 Å². The number of benzene rings is 2. The second-order valence-corrected chi connectivity index (χ2v) is 8.43. The van der Waals surface area contributed by atoms with Gasteiger partial charge in [0.1, 0.15) is 11.6 Å². The second kappa shape index (κ2) is 11.9. The zero-order valence-corrected chi connectivity index (χ0v) is 20.0. The van der Waals surface area contributed by atoms with Crippen LogP contribution in [0.1, 0.15) is 37.3 Å². The summed E-state index contributed by atoms with van der Waals surface area (Å²) in [6, 6.07) is 6.09. The van der Waals surface area contributed by atoms with E-state index in [4.69, 9.17) is 9.47 Å². The van der Waals surface area contributed by atoms with Crippen LogP contribution in [0, 0.1) is 5.82 Å². The van der Waals surface area contributed by atoms with Crippen LogP contribution in [0.15, 0.2) is 48.2 Å². The average Bonchev–Trinajstić information content (AvgIpc) is 2.81. The van der Waals surface area contributed by atoms with Gasteiger partial charge in [-0.2, -0.15) is 13.2 Å². The van der Waals surface area contributed by atoms with E-state index in [0.717, 1.165) is 18.2 Å². The molecule has 1 aliphatic heterocycles. The summed E-state index contributed by atoms with van der Waals surface area (Å²) in [5, 5.41) is 7.13. The summed E-state index contributed by atoms with van der Waals surface area (Å²) >= 11 is 0. The molecule has 0 saturated heterocycles. The Morgan fingerprint density at radius 2 is 1.92 bits per heavy atom. The number of hydrogen-bond donors (Lipinski definition) is 3. The third kappa shape index (κ3) is 7.58. The Bertz CT molecular complexity index is 1170. The molecular weight excluding hydrogens is 501 g/mol. The molecule has 200 valence electrons. The predicted octanol–water partition coefficient (Wildman–Crippen LogP) is 5.75. The van der Waals surface area contributed by atoms with Crippen LogP contribution in [0.4, 0.5) is 38.1 Å². The fourth-order valence-corrected chi connectivity index (χ4v) is 3.51. The highest BCUT2D eigenvalue weighted by atomic mass is 19.4. The average molecular weight is 527 g/mol. The van der Waals surface area contributed by atoms with Gasteiger partial charge in [0.15, 0.2) is 5.76 Å². The van der Waals surface area contributed by atoms with E-state index in [9.17, 15) is 31.5 Å². The fourth-order valence-electron chi connectivity index (χ4n) is 3.51. The summed E-state index contributed by atoms with van der Waals surface area (Å²) < 4.78 is 77.7. The van der Waals surface area contributed by atoms with Crippen LogP contribution >= 0.6 is 0 Å². The molecule has 3 rings (SSSR count). The first-order valence-corrected chi connectivity index (χ1v) is 11.4. The molecule has 1 heterocycles. The molecule has 2 aromatic carbocycles. The van der Waals surface area contributed by atoms with E-state index in [1.54, 1.807) is 13.8 Å². The standard InChI is InChI=1S/C25H26F5N3O4/c1-14(2)37-21-7-5-17(12-18(21)25(28,29)30)32-24(35)33-20-6-4-15(10-19(20)27)16-11-22(23(34)31-13-16)36-9-3-8-26/h4-7,10-12,14,16H,3,8-9,13H2,1-2H3,(H,31,34)(H2,32,33,35). The quantitative estimate of drug-likeness (QED) is 0.286. The van der Waals surface area contributed by atoms with Gasteiger partial charge in [0.25, 0.3) is 5.91 Å². The second-order valence-electron chi connectivity index (χ2n) is 8.43. The molecule has 0 radical (unpaired) electrons. The number of carbonyl (C=O) groups excluding carboxylic acids is 2. The van der Waals surface area contributed by atoms with Gasteiger partial charge in [0.2, 0.25) is 0 Å². The monoisotopic (exact) mass is 527 g/mol. The minimum Gasteiger partial charge on any atom is -0.490 e. The SMILES string of the molecule is CC(C)Oc1ccc(NC(=O)Nc2ccc(C3C=C(OCCCF)C(=O)NC3)cc2F)cc1C(F)(F)F. The van der Waals surface area contributed by atoms with Crippen LogP contribution < -0.4 is 20.7 Å². The number of rotatable bonds is 9. The highest BCUT2D eigenvalue weighted by Crippen LogP contribution is 2.38. The lowest BCUT2D eigenvalue weighted by molar-refractivity contribution is -0.139. The highest BCUT2D eigenvalue weighted by Gasteiger charge is 2.35. The zero-order valence-electron chi connectivity index (χ0n) is 20.0. The van der Waals surface area contributed by atoms with E-state index < -0.39 is 48.2 Å². The van der Waals surface area contributed by atoms with Crippen molar-refractivity contribution in [2.75, 3.05) is 30.5 Å². The van der Waals surface area contributed by atoms with Crippen LogP contribution in [-0.2, 0) is 15.7 Å². The smallest absolute Gasteiger partial charge is 0.420 e. The third-order valence-corrected chi connectivity index (χ3v) is 5.17. The number of ether oxygens (including phenoxy) is 2. The largest absolute Gasteiger partial charge is 0.490 e. The minimum absolute atomic E-state index is 0.00901. The van der Waals surface area contributed by atoms with Crippen molar-refractivity contribution in [2.24, 2.45) is 0 Å². The van der Waals surface area contributed by atoms with Gasteiger partial charge in [-0.3, -0.25) is 9.18 Å². The summed E-state index contributed by atoms with van der Waals surface area (Å²) in [7, 11) is 0. The first-order chi connectivity index (χ1) is 17.5. The topological polar surface area (TPSA) is 88.7 Å². The Kier molecular flexibility index (Phi) is 8.95. The van der Waals surface area contributed by atoms with Crippen molar-refractivity contribution in [3.8, 4) is 5.75 Å². The van der Waals surface area contributed by atoms with Gasteiger partial charge in [-0.25, -0.2) is 9.18 Å². The van der Waals surface area contributed by atoms with Crippen LogP contribution in [0.3, 0.4) is 0 Å². The van der Waals surface area contributed by atoms with Crippen LogP contribution in [0.5, 0.6) is 5.75 Å². The molecule has 7 nitrogen and oxygen atoms in total. The normalized spacial score (nSPS) is 15.6. The molecule has 0 saturated carbocycles. The lowest BCUT2D eigenvalue weighted by Gasteiger charge is -2.22. The Morgan fingerprint density at radius 3 is 2.57 bits per heavy atom. The molecule has 1 atom stereocenters. The zero-order chi connectivity index (χ0) is 27.2. The van der Waals surface area contributed by atoms with Gasteiger partial charge in [0.05, 0.1) is 30.6 Å². The fraction of sp³-hybridized carbons (Fsp3) is 0.360. The van der Waals surface area contributed by atoms with Gasteiger partial charge >= 0.3 is 12.2 Å². The Morgan fingerprint density at radius 1 is 1.16 bits per heavy atom. The first-order valence-electron chi connectivity index (χ1n) is 11.4. The van der Waals surface area contributed by atoms with Crippen molar-refractivity contribution >= 4 is 23.3 Å². The molecule has 2 aromatic rings. The third-order valence-electron chi connectivity index (χ3n) is 5.17. The maximum Gasteiger partial charge on any atom is 0.420 e. The van der Waals surface area contributed by atoms with Crippen molar-refractivity contribution in [3.63, 3.8) is 0 Å². The Balaban J connectivity index is 1.70. The van der Waals surface area contributed by atoms with Gasteiger partial charge in [-0.1, -0.05) is 6.07 Å². The number of amides is 3. The molecule has 3 amide bonds. The highest BCUT2D eigenvalue weighted by molar-refractivity contribution is 6.00. The van der Waals surface area contributed by atoms with E-state index in [0.29, 0.717) is 5.56 Å². The van der Waals surface area contributed by atoms with Gasteiger partial charge < -0.3 is 25.4 Å².